The number of phenolic OH excluding ortho intramolecular Hbond substituents is 1. The summed E-state index contributed by atoms with van der Waals surface area (Å²) in [6.07, 6.45) is 2.76. The van der Waals surface area contributed by atoms with Crippen LogP contribution in [0.4, 0.5) is 0 Å². The van der Waals surface area contributed by atoms with Crippen molar-refractivity contribution in [3.05, 3.63) is 45.4 Å². The first kappa shape index (κ1) is 16.7. The van der Waals surface area contributed by atoms with Crippen LogP contribution in [0, 0.1) is 0 Å². The van der Waals surface area contributed by atoms with Crippen LogP contribution in [0.5, 0.6) is 5.75 Å². The molecule has 1 fully saturated rings. The van der Waals surface area contributed by atoms with Crippen molar-refractivity contribution in [1.82, 2.24) is 10.2 Å². The third-order valence-corrected chi connectivity index (χ3v) is 4.00. The van der Waals surface area contributed by atoms with Crippen LogP contribution >= 0.6 is 39.7 Å². The number of hydrogen-bond donors (Lipinski definition) is 2. The summed E-state index contributed by atoms with van der Waals surface area (Å²) in [4.78, 5) is 25.5. The number of carbonyl (C=O) groups is 2. The van der Waals surface area contributed by atoms with Crippen molar-refractivity contribution in [3.8, 4) is 5.75 Å². The molecule has 2 N–H and O–H groups in total. The number of thiocarbonyl (C=S) groups is 1. The molecule has 1 saturated heterocycles. The number of hydrogen-bond acceptors (Lipinski definition) is 4. The first-order valence-corrected chi connectivity index (χ1v) is 7.61. The highest BCUT2D eigenvalue weighted by molar-refractivity contribution is 9.10. The van der Waals surface area contributed by atoms with Gasteiger partial charge in [0, 0.05) is 17.1 Å². The van der Waals surface area contributed by atoms with Crippen molar-refractivity contribution in [3.63, 3.8) is 0 Å². The van der Waals surface area contributed by atoms with Gasteiger partial charge in [0.2, 0.25) is 0 Å². The van der Waals surface area contributed by atoms with E-state index in [0.717, 1.165) is 0 Å². The lowest BCUT2D eigenvalue weighted by molar-refractivity contribution is -0.128. The zero-order valence-electron chi connectivity index (χ0n) is 11.1. The number of nitrogens with one attached hydrogen (secondary N) is 1. The summed E-state index contributed by atoms with van der Waals surface area (Å²) >= 11 is 14.0. The summed E-state index contributed by atoms with van der Waals surface area (Å²) in [6, 6.07) is 2.95. The van der Waals surface area contributed by atoms with E-state index < -0.39 is 11.8 Å². The predicted octanol–water partition coefficient (Wildman–Crippen LogP) is 2.62. The standard InChI is InChI=1S/C14H10BrClN2O3S/c1-2-3-18-13(21)9(12(20)17-14(18)22)5-7-4-8(16)6-10(15)11(7)19/h2,4-6,19H,1,3H2,(H,17,20,22). The highest BCUT2D eigenvalue weighted by atomic mass is 79.9. The van der Waals surface area contributed by atoms with Crippen molar-refractivity contribution in [2.45, 2.75) is 0 Å². The van der Waals surface area contributed by atoms with Gasteiger partial charge in [0.05, 0.1) is 4.47 Å². The maximum atomic E-state index is 12.4. The summed E-state index contributed by atoms with van der Waals surface area (Å²) in [7, 11) is 0. The summed E-state index contributed by atoms with van der Waals surface area (Å²) in [5.74, 6) is -1.32. The molecule has 0 radical (unpaired) electrons. The Morgan fingerprint density at radius 3 is 2.77 bits per heavy atom. The molecule has 2 rings (SSSR count). The normalized spacial score (nSPS) is 16.9. The number of phenols is 1. The molecule has 0 saturated carbocycles. The Hall–Kier alpha value is -1.70. The van der Waals surface area contributed by atoms with E-state index in [1.165, 1.54) is 29.2 Å². The number of halogens is 2. The van der Waals surface area contributed by atoms with Crippen molar-refractivity contribution in [2.75, 3.05) is 6.54 Å². The predicted molar refractivity (Wildman–Crippen MR) is 91.4 cm³/mol. The Morgan fingerprint density at radius 1 is 1.45 bits per heavy atom. The zero-order valence-corrected chi connectivity index (χ0v) is 14.3. The number of amides is 2. The largest absolute Gasteiger partial charge is 0.506 e. The molecule has 1 heterocycles. The second-order valence-corrected chi connectivity index (χ2v) is 6.02. The second kappa shape index (κ2) is 6.60. The summed E-state index contributed by atoms with van der Waals surface area (Å²) < 4.78 is 0.356. The average molecular weight is 402 g/mol. The fraction of sp³-hybridized carbons (Fsp3) is 0.0714. The Balaban J connectivity index is 2.50. The first-order valence-electron chi connectivity index (χ1n) is 6.03. The van der Waals surface area contributed by atoms with Gasteiger partial charge in [-0.15, -0.1) is 6.58 Å². The zero-order chi connectivity index (χ0) is 16.4. The van der Waals surface area contributed by atoms with E-state index in [2.05, 4.69) is 27.8 Å². The third-order valence-electron chi connectivity index (χ3n) is 2.85. The Morgan fingerprint density at radius 2 is 2.14 bits per heavy atom. The summed E-state index contributed by atoms with van der Waals surface area (Å²) in [6.45, 7) is 3.71. The summed E-state index contributed by atoms with van der Waals surface area (Å²) in [5.41, 5.74) is 0.0872. The lowest BCUT2D eigenvalue weighted by Gasteiger charge is -2.27. The third kappa shape index (κ3) is 3.21. The van der Waals surface area contributed by atoms with Crippen LogP contribution in [-0.4, -0.2) is 33.5 Å². The van der Waals surface area contributed by atoms with E-state index in [1.807, 2.05) is 0 Å². The SMILES string of the molecule is C=CCN1C(=O)C(=Cc2cc(Cl)cc(Br)c2O)C(=O)NC1=S. The fourth-order valence-corrected chi connectivity index (χ4v) is 2.92. The van der Waals surface area contributed by atoms with Gasteiger partial charge in [-0.25, -0.2) is 0 Å². The van der Waals surface area contributed by atoms with Gasteiger partial charge in [-0.3, -0.25) is 19.8 Å². The van der Waals surface area contributed by atoms with Crippen LogP contribution in [0.1, 0.15) is 5.56 Å². The molecule has 0 atom stereocenters. The van der Waals surface area contributed by atoms with E-state index in [0.29, 0.717) is 9.50 Å². The topological polar surface area (TPSA) is 69.6 Å². The van der Waals surface area contributed by atoms with Gasteiger partial charge in [0.1, 0.15) is 11.3 Å². The van der Waals surface area contributed by atoms with E-state index >= 15 is 0 Å². The average Bonchev–Trinajstić information content (AvgIpc) is 2.44. The Kier molecular flexibility index (Phi) is 5.00. The molecular formula is C14H10BrClN2O3S. The van der Waals surface area contributed by atoms with Crippen molar-refractivity contribution in [1.29, 1.82) is 0 Å². The van der Waals surface area contributed by atoms with Crippen LogP contribution < -0.4 is 5.32 Å². The Labute approximate surface area is 145 Å². The van der Waals surface area contributed by atoms with Gasteiger partial charge < -0.3 is 5.11 Å². The maximum absolute atomic E-state index is 12.4. The van der Waals surface area contributed by atoms with Gasteiger partial charge in [-0.05, 0) is 46.4 Å². The molecular weight excluding hydrogens is 392 g/mol. The first-order chi connectivity index (χ1) is 10.3. The van der Waals surface area contributed by atoms with Gasteiger partial charge in [0.25, 0.3) is 11.8 Å². The number of benzene rings is 1. The number of nitrogens with zero attached hydrogens (tertiary/aromatic N) is 1. The minimum atomic E-state index is -0.634. The molecule has 0 spiro atoms. The monoisotopic (exact) mass is 400 g/mol. The molecule has 114 valence electrons. The minimum absolute atomic E-state index is 0.0172. The molecule has 1 aliphatic rings. The molecule has 5 nitrogen and oxygen atoms in total. The lowest BCUT2D eigenvalue weighted by Crippen LogP contribution is -2.53. The molecule has 1 aromatic carbocycles. The van der Waals surface area contributed by atoms with E-state index in [4.69, 9.17) is 23.8 Å². The van der Waals surface area contributed by atoms with Crippen LogP contribution in [-0.2, 0) is 9.59 Å². The quantitative estimate of drug-likeness (QED) is 0.353. The molecule has 0 bridgehead atoms. The van der Waals surface area contributed by atoms with Crippen molar-refractivity contribution < 1.29 is 14.7 Å². The number of carbonyl (C=O) groups excluding carboxylic acids is 2. The molecule has 2 amide bonds. The minimum Gasteiger partial charge on any atom is -0.506 e. The maximum Gasteiger partial charge on any atom is 0.265 e. The van der Waals surface area contributed by atoms with Gasteiger partial charge >= 0.3 is 0 Å². The van der Waals surface area contributed by atoms with Crippen LogP contribution in [0.2, 0.25) is 5.02 Å². The van der Waals surface area contributed by atoms with E-state index in [-0.39, 0.29) is 28.5 Å². The number of aromatic hydroxyl groups is 1. The lowest BCUT2D eigenvalue weighted by atomic mass is 10.1. The molecule has 1 aromatic rings. The van der Waals surface area contributed by atoms with Crippen molar-refractivity contribution >= 4 is 62.8 Å². The van der Waals surface area contributed by atoms with Crippen LogP contribution in [0.25, 0.3) is 6.08 Å². The molecule has 0 aliphatic carbocycles. The summed E-state index contributed by atoms with van der Waals surface area (Å²) in [5, 5.41) is 12.8. The van der Waals surface area contributed by atoms with Crippen LogP contribution in [0.15, 0.2) is 34.8 Å². The van der Waals surface area contributed by atoms with Crippen LogP contribution in [0.3, 0.4) is 0 Å². The van der Waals surface area contributed by atoms with E-state index in [9.17, 15) is 14.7 Å². The van der Waals surface area contributed by atoms with E-state index in [1.54, 1.807) is 0 Å². The van der Waals surface area contributed by atoms with Gasteiger partial charge in [-0.1, -0.05) is 17.7 Å². The number of rotatable bonds is 3. The Bertz CT molecular complexity index is 733. The van der Waals surface area contributed by atoms with Gasteiger partial charge in [0.15, 0.2) is 5.11 Å². The van der Waals surface area contributed by atoms with Gasteiger partial charge in [-0.2, -0.15) is 0 Å². The highest BCUT2D eigenvalue weighted by Gasteiger charge is 2.32. The second-order valence-electron chi connectivity index (χ2n) is 4.35. The molecule has 22 heavy (non-hydrogen) atoms. The molecule has 0 aromatic heterocycles. The van der Waals surface area contributed by atoms with Crippen molar-refractivity contribution in [2.24, 2.45) is 0 Å². The highest BCUT2D eigenvalue weighted by Crippen LogP contribution is 2.33. The molecule has 0 unspecified atom stereocenters. The smallest absolute Gasteiger partial charge is 0.265 e. The fourth-order valence-electron chi connectivity index (χ4n) is 1.84. The molecule has 1 aliphatic heterocycles. The molecule has 8 heteroatoms.